The maximum Gasteiger partial charge on any atom is 0.407 e. The van der Waals surface area contributed by atoms with E-state index in [0.29, 0.717) is 25.9 Å². The van der Waals surface area contributed by atoms with Crippen molar-refractivity contribution in [3.05, 3.63) is 53.8 Å². The van der Waals surface area contributed by atoms with Crippen LogP contribution in [0.5, 0.6) is 5.75 Å². The lowest BCUT2D eigenvalue weighted by molar-refractivity contribution is -0.118. The van der Waals surface area contributed by atoms with Crippen LogP contribution in [0.15, 0.2) is 47.4 Å². The molecule has 36 heavy (non-hydrogen) atoms. The van der Waals surface area contributed by atoms with Gasteiger partial charge in [0.15, 0.2) is 0 Å². The maximum atomic E-state index is 13.2. The molecule has 2 aromatic rings. The van der Waals surface area contributed by atoms with Crippen molar-refractivity contribution >= 4 is 43.3 Å². The summed E-state index contributed by atoms with van der Waals surface area (Å²) in [4.78, 5) is 38.2. The summed E-state index contributed by atoms with van der Waals surface area (Å²) in [5, 5.41) is 14.5. The molecular weight excluding hydrogens is 517 g/mol. The zero-order valence-corrected chi connectivity index (χ0v) is 20.8. The third-order valence-electron chi connectivity index (χ3n) is 5.88. The van der Waals surface area contributed by atoms with E-state index in [-0.39, 0.29) is 34.2 Å². The summed E-state index contributed by atoms with van der Waals surface area (Å²) in [6, 6.07) is 7.64. The first-order valence-corrected chi connectivity index (χ1v) is 13.3. The molecule has 0 unspecified atom stereocenters. The van der Waals surface area contributed by atoms with E-state index >= 15 is 0 Å². The number of methoxy groups -OCH3 is 1. The molecule has 1 heterocycles. The van der Waals surface area contributed by atoms with Crippen molar-refractivity contribution in [1.29, 1.82) is 0 Å². The highest BCUT2D eigenvalue weighted by atomic mass is 35.7. The number of hydrogen-bond donors (Lipinski definition) is 3. The van der Waals surface area contributed by atoms with Crippen molar-refractivity contribution in [3.63, 3.8) is 0 Å². The second-order valence-corrected chi connectivity index (χ2v) is 10.8. The summed E-state index contributed by atoms with van der Waals surface area (Å²) in [5.74, 6) is -1.78. The van der Waals surface area contributed by atoms with Crippen molar-refractivity contribution in [2.24, 2.45) is 5.92 Å². The molecular formula is C23H25ClFN3O7S. The van der Waals surface area contributed by atoms with E-state index in [2.05, 4.69) is 10.6 Å². The molecule has 3 N–H and O–H groups in total. The molecule has 1 fully saturated rings. The zero-order chi connectivity index (χ0) is 26.5. The number of ether oxygens (including phenoxy) is 1. The number of hydrogen-bond acceptors (Lipinski definition) is 6. The molecule has 194 valence electrons. The Bertz CT molecular complexity index is 1230. The molecule has 0 aliphatic carbocycles. The third kappa shape index (κ3) is 7.08. The van der Waals surface area contributed by atoms with Gasteiger partial charge in [-0.25, -0.2) is 17.6 Å². The van der Waals surface area contributed by atoms with Crippen molar-refractivity contribution in [3.8, 4) is 5.75 Å². The van der Waals surface area contributed by atoms with Crippen LogP contribution in [0.3, 0.4) is 0 Å². The average molecular weight is 542 g/mol. The van der Waals surface area contributed by atoms with Crippen LogP contribution in [-0.2, 0) is 13.8 Å². The average Bonchev–Trinajstić information content (AvgIpc) is 2.83. The molecule has 1 aliphatic rings. The van der Waals surface area contributed by atoms with Crippen LogP contribution in [0.2, 0.25) is 0 Å². The minimum atomic E-state index is -4.08. The lowest BCUT2D eigenvalue weighted by atomic mass is 9.89. The number of piperidine rings is 1. The number of carbonyl (C=O) groups is 3. The summed E-state index contributed by atoms with van der Waals surface area (Å²) in [7, 11) is 2.58. The van der Waals surface area contributed by atoms with E-state index in [4.69, 9.17) is 20.5 Å². The second kappa shape index (κ2) is 11.6. The van der Waals surface area contributed by atoms with Gasteiger partial charge in [-0.2, -0.15) is 0 Å². The number of nitrogens with one attached hydrogen (secondary N) is 2. The predicted octanol–water partition coefficient (Wildman–Crippen LogP) is 3.28. The quantitative estimate of drug-likeness (QED) is 0.435. The largest absolute Gasteiger partial charge is 0.495 e. The molecule has 1 aliphatic heterocycles. The van der Waals surface area contributed by atoms with Gasteiger partial charge in [0.2, 0.25) is 5.91 Å². The van der Waals surface area contributed by atoms with Crippen molar-refractivity contribution in [2.45, 2.75) is 30.2 Å². The predicted molar refractivity (Wildman–Crippen MR) is 129 cm³/mol. The fourth-order valence-electron chi connectivity index (χ4n) is 3.94. The lowest BCUT2D eigenvalue weighted by Crippen LogP contribution is -2.46. The normalized spacial score (nSPS) is 15.1. The molecule has 3 amide bonds. The first-order chi connectivity index (χ1) is 17.0. The van der Waals surface area contributed by atoms with Gasteiger partial charge in [0.1, 0.15) is 22.5 Å². The molecule has 0 aromatic heterocycles. The van der Waals surface area contributed by atoms with Gasteiger partial charge in [-0.15, -0.1) is 0 Å². The Kier molecular flexibility index (Phi) is 8.75. The van der Waals surface area contributed by atoms with Gasteiger partial charge >= 0.3 is 6.09 Å². The fraction of sp³-hybridized carbons (Fsp3) is 0.348. The number of nitrogens with zero attached hydrogens (tertiary/aromatic N) is 1. The molecule has 0 spiro atoms. The Morgan fingerprint density at radius 1 is 1.17 bits per heavy atom. The number of amides is 3. The Morgan fingerprint density at radius 3 is 2.36 bits per heavy atom. The Morgan fingerprint density at radius 2 is 1.81 bits per heavy atom. The summed E-state index contributed by atoms with van der Waals surface area (Å²) >= 11 is 0. The molecule has 2 aromatic carbocycles. The van der Waals surface area contributed by atoms with Crippen molar-refractivity contribution in [2.75, 3.05) is 25.5 Å². The third-order valence-corrected chi connectivity index (χ3v) is 7.24. The number of likely N-dealkylation sites (tertiary alicyclic amines) is 1. The number of carbonyl (C=O) groups excluding carboxylic acids is 2. The molecule has 1 atom stereocenters. The highest BCUT2D eigenvalue weighted by molar-refractivity contribution is 8.13. The highest BCUT2D eigenvalue weighted by Crippen LogP contribution is 2.30. The maximum absolute atomic E-state index is 13.2. The van der Waals surface area contributed by atoms with E-state index in [0.717, 1.165) is 12.1 Å². The Hall–Kier alpha value is -3.38. The molecule has 13 heteroatoms. The SMILES string of the molecule is COc1cc(NC(=O)[C@H](CC2CCN(C(=O)O)CC2)NC(=O)c2ccc(F)cc2)ccc1S(=O)(=O)Cl. The van der Waals surface area contributed by atoms with Crippen LogP contribution < -0.4 is 15.4 Å². The van der Waals surface area contributed by atoms with E-state index in [1.807, 2.05) is 0 Å². The van der Waals surface area contributed by atoms with Crippen LogP contribution in [0.1, 0.15) is 29.6 Å². The van der Waals surface area contributed by atoms with E-state index < -0.39 is 38.8 Å². The van der Waals surface area contributed by atoms with E-state index in [1.54, 1.807) is 0 Å². The van der Waals surface area contributed by atoms with Gasteiger partial charge < -0.3 is 25.4 Å². The van der Waals surface area contributed by atoms with Gasteiger partial charge in [0, 0.05) is 41.1 Å². The first-order valence-electron chi connectivity index (χ1n) is 11.0. The minimum absolute atomic E-state index is 0.0387. The standard InChI is InChI=1S/C23H25ClFN3O7S/c1-35-19-13-17(6-7-20(19)36(24,33)34)26-22(30)18(12-14-8-10-28(11-9-14)23(31)32)27-21(29)15-2-4-16(25)5-3-15/h2-7,13-14,18H,8-12H2,1H3,(H,26,30)(H,27,29)(H,31,32)/t18-/m0/s1. The van der Waals surface area contributed by atoms with Gasteiger partial charge in [-0.3, -0.25) is 9.59 Å². The molecule has 0 saturated carbocycles. The molecule has 0 bridgehead atoms. The van der Waals surface area contributed by atoms with Gasteiger partial charge in [-0.1, -0.05) is 0 Å². The number of rotatable bonds is 8. The summed E-state index contributed by atoms with van der Waals surface area (Å²) < 4.78 is 41.7. The summed E-state index contributed by atoms with van der Waals surface area (Å²) in [6.45, 7) is 0.623. The van der Waals surface area contributed by atoms with Gasteiger partial charge in [-0.05, 0) is 61.6 Å². The van der Waals surface area contributed by atoms with Crippen LogP contribution in [0.4, 0.5) is 14.9 Å². The minimum Gasteiger partial charge on any atom is -0.495 e. The Balaban J connectivity index is 1.79. The highest BCUT2D eigenvalue weighted by Gasteiger charge is 2.29. The first kappa shape index (κ1) is 27.2. The van der Waals surface area contributed by atoms with Gasteiger partial charge in [0.05, 0.1) is 7.11 Å². The topological polar surface area (TPSA) is 142 Å². The fourth-order valence-corrected chi connectivity index (χ4v) is 4.94. The molecule has 1 saturated heterocycles. The van der Waals surface area contributed by atoms with Crippen molar-refractivity contribution in [1.82, 2.24) is 10.2 Å². The monoisotopic (exact) mass is 541 g/mol. The number of halogens is 2. The second-order valence-electron chi connectivity index (χ2n) is 8.27. The van der Waals surface area contributed by atoms with E-state index in [1.165, 1.54) is 42.3 Å². The van der Waals surface area contributed by atoms with Crippen LogP contribution in [0, 0.1) is 11.7 Å². The number of carboxylic acid groups (broad SMARTS) is 1. The summed E-state index contributed by atoms with van der Waals surface area (Å²) in [5.41, 5.74) is 0.371. The van der Waals surface area contributed by atoms with Crippen LogP contribution in [-0.4, -0.2) is 62.6 Å². The van der Waals surface area contributed by atoms with Crippen LogP contribution in [0.25, 0.3) is 0 Å². The molecule has 0 radical (unpaired) electrons. The number of anilines is 1. The molecule has 3 rings (SSSR count). The van der Waals surface area contributed by atoms with Gasteiger partial charge in [0.25, 0.3) is 15.0 Å². The Labute approximate surface area is 211 Å². The smallest absolute Gasteiger partial charge is 0.407 e. The summed E-state index contributed by atoms with van der Waals surface area (Å²) in [6.07, 6.45) is 0.248. The molecule has 10 nitrogen and oxygen atoms in total. The van der Waals surface area contributed by atoms with Crippen molar-refractivity contribution < 1.29 is 37.0 Å². The van der Waals surface area contributed by atoms with E-state index in [9.17, 15) is 27.2 Å². The zero-order valence-electron chi connectivity index (χ0n) is 19.2. The lowest BCUT2D eigenvalue weighted by Gasteiger charge is -2.32. The number of benzene rings is 2. The van der Waals surface area contributed by atoms with Crippen LogP contribution >= 0.6 is 10.7 Å².